The number of hydrogen-bond donors (Lipinski definition) is 1. The van der Waals surface area contributed by atoms with Gasteiger partial charge < -0.3 is 10.1 Å². The normalized spacial score (nSPS) is 16.6. The van der Waals surface area contributed by atoms with Crippen LogP contribution < -0.4 is 5.32 Å². The van der Waals surface area contributed by atoms with E-state index in [1.54, 1.807) is 12.5 Å². The number of imidazole rings is 1. The number of benzene rings is 1. The highest BCUT2D eigenvalue weighted by Crippen LogP contribution is 2.29. The monoisotopic (exact) mass is 420 g/mol. The molecule has 1 aliphatic rings. The maximum Gasteiger partial charge on any atom is 0.226 e. The van der Waals surface area contributed by atoms with Gasteiger partial charge in [-0.1, -0.05) is 30.3 Å². The Morgan fingerprint density at radius 1 is 1.10 bits per heavy atom. The van der Waals surface area contributed by atoms with Crippen molar-refractivity contribution >= 4 is 28.6 Å². The highest BCUT2D eigenvalue weighted by atomic mass is 35.5. The van der Waals surface area contributed by atoms with E-state index in [1.165, 1.54) is 0 Å². The highest BCUT2D eigenvalue weighted by molar-refractivity contribution is 6.28. The standard InChI is InChI=1S/C22H21ClN6O/c23-22-27-20(19-21(28-22)29(14-26-19)18-5-1-2-11-30-18)25-12-15-6-8-16(9-7-15)17-4-3-10-24-13-17/h3-4,6-10,13-14,18H,1-2,5,11-12H2,(H,25,27,28). The molecule has 152 valence electrons. The molecule has 1 unspecified atom stereocenters. The first-order valence-electron chi connectivity index (χ1n) is 10.0. The Morgan fingerprint density at radius 3 is 2.77 bits per heavy atom. The van der Waals surface area contributed by atoms with E-state index < -0.39 is 0 Å². The Bertz CT molecular complexity index is 1140. The lowest BCUT2D eigenvalue weighted by atomic mass is 10.1. The Balaban J connectivity index is 1.36. The van der Waals surface area contributed by atoms with Crippen molar-refractivity contribution < 1.29 is 4.74 Å². The number of rotatable bonds is 5. The molecule has 1 aromatic carbocycles. The zero-order valence-corrected chi connectivity index (χ0v) is 17.1. The summed E-state index contributed by atoms with van der Waals surface area (Å²) in [5.74, 6) is 0.621. The van der Waals surface area contributed by atoms with E-state index in [9.17, 15) is 0 Å². The summed E-state index contributed by atoms with van der Waals surface area (Å²) < 4.78 is 7.84. The van der Waals surface area contributed by atoms with Crippen LogP contribution in [0.2, 0.25) is 5.28 Å². The summed E-state index contributed by atoms with van der Waals surface area (Å²) in [5.41, 5.74) is 4.74. The quantitative estimate of drug-likeness (QED) is 0.465. The summed E-state index contributed by atoms with van der Waals surface area (Å²) in [4.78, 5) is 17.5. The molecule has 1 fully saturated rings. The molecule has 7 nitrogen and oxygen atoms in total. The molecule has 0 spiro atoms. The highest BCUT2D eigenvalue weighted by Gasteiger charge is 2.21. The van der Waals surface area contributed by atoms with E-state index in [-0.39, 0.29) is 11.5 Å². The molecule has 1 atom stereocenters. The van der Waals surface area contributed by atoms with E-state index in [1.807, 2.05) is 22.9 Å². The molecular weight excluding hydrogens is 400 g/mol. The van der Waals surface area contributed by atoms with Crippen LogP contribution in [0.15, 0.2) is 55.1 Å². The van der Waals surface area contributed by atoms with Gasteiger partial charge >= 0.3 is 0 Å². The smallest absolute Gasteiger partial charge is 0.226 e. The van der Waals surface area contributed by atoms with E-state index in [2.05, 4.69) is 49.5 Å². The minimum absolute atomic E-state index is 0.0532. The zero-order chi connectivity index (χ0) is 20.3. The second-order valence-corrected chi connectivity index (χ2v) is 7.62. The molecule has 4 heterocycles. The average molecular weight is 421 g/mol. The van der Waals surface area contributed by atoms with Crippen molar-refractivity contribution in [3.8, 4) is 11.1 Å². The lowest BCUT2D eigenvalue weighted by Crippen LogP contribution is -2.17. The van der Waals surface area contributed by atoms with Crippen LogP contribution >= 0.6 is 11.6 Å². The Kier molecular flexibility index (Phi) is 5.29. The van der Waals surface area contributed by atoms with Gasteiger partial charge in [-0.15, -0.1) is 0 Å². The molecule has 0 radical (unpaired) electrons. The largest absolute Gasteiger partial charge is 0.364 e. The van der Waals surface area contributed by atoms with Gasteiger partial charge in [-0.25, -0.2) is 4.98 Å². The van der Waals surface area contributed by atoms with Gasteiger partial charge in [0.25, 0.3) is 0 Å². The third-order valence-corrected chi connectivity index (χ3v) is 5.44. The third-order valence-electron chi connectivity index (χ3n) is 5.27. The molecule has 1 saturated heterocycles. The summed E-state index contributed by atoms with van der Waals surface area (Å²) in [7, 11) is 0. The molecule has 4 aromatic rings. The van der Waals surface area contributed by atoms with Crippen molar-refractivity contribution in [2.45, 2.75) is 32.0 Å². The number of nitrogens with zero attached hydrogens (tertiary/aromatic N) is 5. The number of ether oxygens (including phenoxy) is 1. The van der Waals surface area contributed by atoms with Crippen molar-refractivity contribution in [2.24, 2.45) is 0 Å². The van der Waals surface area contributed by atoms with Crippen molar-refractivity contribution in [2.75, 3.05) is 11.9 Å². The molecule has 1 N–H and O–H groups in total. The van der Waals surface area contributed by atoms with Crippen molar-refractivity contribution in [1.82, 2.24) is 24.5 Å². The van der Waals surface area contributed by atoms with Gasteiger partial charge in [0.1, 0.15) is 6.23 Å². The number of pyridine rings is 1. The number of fused-ring (bicyclic) bond motifs is 1. The van der Waals surface area contributed by atoms with E-state index in [0.29, 0.717) is 23.5 Å². The van der Waals surface area contributed by atoms with Crippen LogP contribution in [-0.4, -0.2) is 31.1 Å². The van der Waals surface area contributed by atoms with E-state index in [0.717, 1.165) is 42.6 Å². The number of aromatic nitrogens is 5. The minimum atomic E-state index is -0.0532. The molecular formula is C22H21ClN6O. The summed E-state index contributed by atoms with van der Waals surface area (Å²) in [6.45, 7) is 1.35. The zero-order valence-electron chi connectivity index (χ0n) is 16.3. The molecule has 5 rings (SSSR count). The van der Waals surface area contributed by atoms with E-state index in [4.69, 9.17) is 16.3 Å². The summed E-state index contributed by atoms with van der Waals surface area (Å²) in [6.07, 6.45) is 8.51. The van der Waals surface area contributed by atoms with Crippen LogP contribution in [0.4, 0.5) is 5.82 Å². The number of hydrogen-bond acceptors (Lipinski definition) is 6. The van der Waals surface area contributed by atoms with Crippen LogP contribution in [0.5, 0.6) is 0 Å². The molecule has 0 saturated carbocycles. The Labute approximate surface area is 179 Å². The molecule has 8 heteroatoms. The van der Waals surface area contributed by atoms with Crippen LogP contribution in [0.1, 0.15) is 31.1 Å². The molecule has 0 bridgehead atoms. The maximum atomic E-state index is 6.21. The van der Waals surface area contributed by atoms with Crippen molar-refractivity contribution in [3.05, 3.63) is 66.0 Å². The van der Waals surface area contributed by atoms with E-state index >= 15 is 0 Å². The first-order valence-corrected chi connectivity index (χ1v) is 10.4. The van der Waals surface area contributed by atoms with Gasteiger partial charge in [0, 0.05) is 25.5 Å². The van der Waals surface area contributed by atoms with Gasteiger partial charge in [0.2, 0.25) is 5.28 Å². The summed E-state index contributed by atoms with van der Waals surface area (Å²) in [5, 5.41) is 3.55. The number of halogens is 1. The first-order chi connectivity index (χ1) is 14.8. The molecule has 3 aromatic heterocycles. The predicted molar refractivity (Wildman–Crippen MR) is 116 cm³/mol. The minimum Gasteiger partial charge on any atom is -0.364 e. The SMILES string of the molecule is Clc1nc(NCc2ccc(-c3cccnc3)cc2)c2ncn(C3CCCCO3)c2n1. The molecule has 0 amide bonds. The van der Waals surface area contributed by atoms with Gasteiger partial charge in [-0.3, -0.25) is 9.55 Å². The summed E-state index contributed by atoms with van der Waals surface area (Å²) >= 11 is 6.21. The second-order valence-electron chi connectivity index (χ2n) is 7.28. The molecule has 1 aliphatic heterocycles. The van der Waals surface area contributed by atoms with Gasteiger partial charge in [-0.05, 0) is 53.6 Å². The fourth-order valence-corrected chi connectivity index (χ4v) is 3.87. The topological polar surface area (TPSA) is 77.8 Å². The molecule has 0 aliphatic carbocycles. The third kappa shape index (κ3) is 3.86. The molecule has 30 heavy (non-hydrogen) atoms. The fourth-order valence-electron chi connectivity index (χ4n) is 3.70. The van der Waals surface area contributed by atoms with Gasteiger partial charge in [0.05, 0.1) is 6.33 Å². The number of nitrogens with one attached hydrogen (secondary N) is 1. The fraction of sp³-hybridized carbons (Fsp3) is 0.273. The van der Waals surface area contributed by atoms with Crippen molar-refractivity contribution in [1.29, 1.82) is 0 Å². The Hall–Kier alpha value is -3.03. The lowest BCUT2D eigenvalue weighted by molar-refractivity contribution is -0.0298. The van der Waals surface area contributed by atoms with Crippen LogP contribution in [0, 0.1) is 0 Å². The first kappa shape index (κ1) is 19.0. The van der Waals surface area contributed by atoms with Crippen molar-refractivity contribution in [3.63, 3.8) is 0 Å². The lowest BCUT2D eigenvalue weighted by Gasteiger charge is -2.23. The maximum absolute atomic E-state index is 6.21. The van der Waals surface area contributed by atoms with Crippen LogP contribution in [0.25, 0.3) is 22.3 Å². The summed E-state index contributed by atoms with van der Waals surface area (Å²) in [6, 6.07) is 12.3. The van der Waals surface area contributed by atoms with Crippen LogP contribution in [-0.2, 0) is 11.3 Å². The van der Waals surface area contributed by atoms with Gasteiger partial charge in [-0.2, -0.15) is 9.97 Å². The Morgan fingerprint density at radius 2 is 2.00 bits per heavy atom. The predicted octanol–water partition coefficient (Wildman–Crippen LogP) is 4.85. The van der Waals surface area contributed by atoms with Gasteiger partial charge in [0.15, 0.2) is 17.0 Å². The average Bonchev–Trinajstić information content (AvgIpc) is 3.23. The van der Waals surface area contributed by atoms with Crippen LogP contribution in [0.3, 0.4) is 0 Å². The number of anilines is 1. The second kappa shape index (κ2) is 8.38.